The molecule has 0 spiro atoms. The summed E-state index contributed by atoms with van der Waals surface area (Å²) in [6.07, 6.45) is 4.10. The Morgan fingerprint density at radius 1 is 1.25 bits per heavy atom. The van der Waals surface area contributed by atoms with Crippen molar-refractivity contribution in [1.82, 2.24) is 4.98 Å². The van der Waals surface area contributed by atoms with E-state index in [2.05, 4.69) is 22.5 Å². The van der Waals surface area contributed by atoms with Gasteiger partial charge >= 0.3 is 0 Å². The van der Waals surface area contributed by atoms with Crippen molar-refractivity contribution in [3.05, 3.63) is 35.8 Å². The summed E-state index contributed by atoms with van der Waals surface area (Å²) in [5.74, 6) is -0.0414. The molecule has 0 aliphatic rings. The summed E-state index contributed by atoms with van der Waals surface area (Å²) in [5.41, 5.74) is 0.778. The summed E-state index contributed by atoms with van der Waals surface area (Å²) in [5, 5.41) is 7.86. The minimum absolute atomic E-state index is 0.0356. The maximum atomic E-state index is 12.1. The Morgan fingerprint density at radius 3 is 2.62 bits per heavy atom. The third-order valence-corrected chi connectivity index (χ3v) is 5.04. The molecule has 0 aliphatic carbocycles. The number of anilines is 2. The van der Waals surface area contributed by atoms with Crippen LogP contribution < -0.4 is 10.6 Å². The Balaban J connectivity index is 1.84. The van der Waals surface area contributed by atoms with E-state index >= 15 is 0 Å². The predicted octanol–water partition coefficient (Wildman–Crippen LogP) is 4.39. The largest absolute Gasteiger partial charge is 0.326 e. The van der Waals surface area contributed by atoms with Crippen molar-refractivity contribution in [2.45, 2.75) is 43.3 Å². The lowest BCUT2D eigenvalue weighted by atomic mass is 10.2. The first-order chi connectivity index (χ1) is 11.6. The van der Waals surface area contributed by atoms with Gasteiger partial charge in [0.15, 0.2) is 5.13 Å². The van der Waals surface area contributed by atoms with E-state index in [1.165, 1.54) is 23.1 Å². The minimum Gasteiger partial charge on any atom is -0.326 e. The van der Waals surface area contributed by atoms with Crippen LogP contribution in [0.25, 0.3) is 0 Å². The molecule has 0 saturated carbocycles. The number of aromatic nitrogens is 1. The van der Waals surface area contributed by atoms with Gasteiger partial charge in [-0.15, -0.1) is 23.1 Å². The molecule has 0 aliphatic heterocycles. The summed E-state index contributed by atoms with van der Waals surface area (Å²) in [6.45, 7) is 3.92. The van der Waals surface area contributed by atoms with Crippen LogP contribution in [0.5, 0.6) is 0 Å². The zero-order valence-electron chi connectivity index (χ0n) is 13.7. The number of amides is 2. The van der Waals surface area contributed by atoms with E-state index in [0.717, 1.165) is 23.4 Å². The minimum atomic E-state index is -0.237. The molecule has 2 N–H and O–H groups in total. The molecule has 1 unspecified atom stereocenters. The molecular formula is C17H21N3O2S2. The van der Waals surface area contributed by atoms with Gasteiger partial charge in [-0.05, 0) is 37.6 Å². The van der Waals surface area contributed by atoms with Gasteiger partial charge in [0, 0.05) is 28.6 Å². The smallest absolute Gasteiger partial charge is 0.239 e. The van der Waals surface area contributed by atoms with Crippen molar-refractivity contribution in [2.24, 2.45) is 0 Å². The Hall–Kier alpha value is -1.86. The lowest BCUT2D eigenvalue weighted by Crippen LogP contribution is -2.22. The van der Waals surface area contributed by atoms with Crippen LogP contribution >= 0.6 is 23.1 Å². The number of hydrogen-bond acceptors (Lipinski definition) is 5. The van der Waals surface area contributed by atoms with Crippen molar-refractivity contribution in [3.8, 4) is 0 Å². The number of unbranched alkanes of at least 4 members (excludes halogenated alkanes) is 1. The lowest BCUT2D eigenvalue weighted by Gasteiger charge is -2.11. The number of carbonyl (C=O) groups is 2. The van der Waals surface area contributed by atoms with Gasteiger partial charge in [-0.1, -0.05) is 13.3 Å². The van der Waals surface area contributed by atoms with E-state index in [9.17, 15) is 9.59 Å². The first-order valence-electron chi connectivity index (χ1n) is 7.85. The van der Waals surface area contributed by atoms with Gasteiger partial charge in [0.05, 0.1) is 5.25 Å². The van der Waals surface area contributed by atoms with E-state index in [-0.39, 0.29) is 17.1 Å². The normalized spacial score (nSPS) is 11.8. The molecular weight excluding hydrogens is 342 g/mol. The van der Waals surface area contributed by atoms with Crippen LogP contribution in [0.15, 0.2) is 40.7 Å². The summed E-state index contributed by atoms with van der Waals surface area (Å²) >= 11 is 2.86. The molecule has 2 rings (SSSR count). The first kappa shape index (κ1) is 18.5. The number of thioether (sulfide) groups is 1. The maximum Gasteiger partial charge on any atom is 0.239 e. The molecule has 0 bridgehead atoms. The third-order valence-electron chi connectivity index (χ3n) is 3.24. The molecule has 2 aromatic rings. The highest BCUT2D eigenvalue weighted by Crippen LogP contribution is 2.26. The number of nitrogens with zero attached hydrogens (tertiary/aromatic N) is 1. The molecule has 1 aromatic heterocycles. The monoisotopic (exact) mass is 363 g/mol. The van der Waals surface area contributed by atoms with Gasteiger partial charge in [0.25, 0.3) is 0 Å². The molecule has 7 heteroatoms. The van der Waals surface area contributed by atoms with E-state index in [1.54, 1.807) is 6.20 Å². The van der Waals surface area contributed by atoms with Crippen LogP contribution in [0.4, 0.5) is 10.8 Å². The van der Waals surface area contributed by atoms with Crippen molar-refractivity contribution in [3.63, 3.8) is 0 Å². The van der Waals surface area contributed by atoms with Crippen molar-refractivity contribution in [2.75, 3.05) is 10.6 Å². The Kier molecular flexibility index (Phi) is 7.27. The van der Waals surface area contributed by atoms with E-state index in [0.29, 0.717) is 11.6 Å². The van der Waals surface area contributed by atoms with E-state index < -0.39 is 0 Å². The average molecular weight is 364 g/mol. The van der Waals surface area contributed by atoms with E-state index in [4.69, 9.17) is 0 Å². The Labute approximate surface area is 150 Å². The van der Waals surface area contributed by atoms with Gasteiger partial charge in [-0.2, -0.15) is 0 Å². The van der Waals surface area contributed by atoms with E-state index in [1.807, 2.05) is 36.6 Å². The average Bonchev–Trinajstić information content (AvgIpc) is 3.07. The fourth-order valence-corrected chi connectivity index (χ4v) is 3.33. The van der Waals surface area contributed by atoms with Gasteiger partial charge in [0.1, 0.15) is 0 Å². The molecule has 1 heterocycles. The number of nitrogens with one attached hydrogen (secondary N) is 2. The predicted molar refractivity (Wildman–Crippen MR) is 101 cm³/mol. The van der Waals surface area contributed by atoms with Crippen molar-refractivity contribution in [1.29, 1.82) is 0 Å². The van der Waals surface area contributed by atoms with Crippen LogP contribution in [-0.4, -0.2) is 22.0 Å². The van der Waals surface area contributed by atoms with Crippen molar-refractivity contribution >= 4 is 45.7 Å². The number of rotatable bonds is 8. The molecule has 1 atom stereocenters. The molecule has 0 saturated heterocycles. The molecule has 5 nitrogen and oxygen atoms in total. The first-order valence-corrected chi connectivity index (χ1v) is 9.61. The Morgan fingerprint density at radius 2 is 2.00 bits per heavy atom. The molecule has 1 aromatic carbocycles. The highest BCUT2D eigenvalue weighted by molar-refractivity contribution is 8.00. The van der Waals surface area contributed by atoms with Gasteiger partial charge in [0.2, 0.25) is 11.8 Å². The summed E-state index contributed by atoms with van der Waals surface area (Å²) in [7, 11) is 0. The second kappa shape index (κ2) is 9.44. The SMILES string of the molecule is CCCCC(=O)Nc1ccc(SC(C)C(=O)Nc2nccs2)cc1. The number of thiazole rings is 1. The topological polar surface area (TPSA) is 71.1 Å². The molecule has 24 heavy (non-hydrogen) atoms. The fourth-order valence-electron chi connectivity index (χ4n) is 1.93. The summed E-state index contributed by atoms with van der Waals surface area (Å²) in [4.78, 5) is 28.8. The Bertz CT molecular complexity index is 657. The quantitative estimate of drug-likeness (QED) is 0.682. The standard InChI is InChI=1S/C17H21N3O2S2/c1-3-4-5-15(21)19-13-6-8-14(9-7-13)24-12(2)16(22)20-17-18-10-11-23-17/h6-12H,3-5H2,1-2H3,(H,19,21)(H,18,20,22). The van der Waals surface area contributed by atoms with Gasteiger partial charge in [-0.25, -0.2) is 4.98 Å². The zero-order chi connectivity index (χ0) is 17.4. The fraction of sp³-hybridized carbons (Fsp3) is 0.353. The number of hydrogen-bond donors (Lipinski definition) is 2. The van der Waals surface area contributed by atoms with Crippen LogP contribution in [0, 0.1) is 0 Å². The lowest BCUT2D eigenvalue weighted by molar-refractivity contribution is -0.116. The molecule has 0 fully saturated rings. The second-order valence-electron chi connectivity index (χ2n) is 5.26. The molecule has 0 radical (unpaired) electrons. The van der Waals surface area contributed by atoms with Crippen molar-refractivity contribution < 1.29 is 9.59 Å². The van der Waals surface area contributed by atoms with Crippen LogP contribution in [0.1, 0.15) is 33.1 Å². The van der Waals surface area contributed by atoms with Gasteiger partial charge < -0.3 is 10.6 Å². The number of benzene rings is 1. The van der Waals surface area contributed by atoms with Crippen LogP contribution in [0.2, 0.25) is 0 Å². The van der Waals surface area contributed by atoms with Gasteiger partial charge in [-0.3, -0.25) is 9.59 Å². The second-order valence-corrected chi connectivity index (χ2v) is 7.57. The zero-order valence-corrected chi connectivity index (χ0v) is 15.4. The highest BCUT2D eigenvalue weighted by Gasteiger charge is 2.15. The number of carbonyl (C=O) groups excluding carboxylic acids is 2. The third kappa shape index (κ3) is 5.98. The van der Waals surface area contributed by atoms with Crippen LogP contribution in [-0.2, 0) is 9.59 Å². The van der Waals surface area contributed by atoms with Crippen LogP contribution in [0.3, 0.4) is 0 Å². The summed E-state index contributed by atoms with van der Waals surface area (Å²) < 4.78 is 0. The maximum absolute atomic E-state index is 12.1. The summed E-state index contributed by atoms with van der Waals surface area (Å²) in [6, 6.07) is 7.54. The molecule has 2 amide bonds. The highest BCUT2D eigenvalue weighted by atomic mass is 32.2. The molecule has 128 valence electrons.